The number of ether oxygens (including phenoxy) is 2. The number of anilines is 1. The number of nitrogens with one attached hydrogen (secondary N) is 2. The molecular weight excluding hydrogens is 270 g/mol. The fourth-order valence-corrected chi connectivity index (χ4v) is 1.70. The predicted molar refractivity (Wildman–Crippen MR) is 69.0 cm³/mol. The van der Waals surface area contributed by atoms with Gasteiger partial charge in [-0.05, 0) is 32.9 Å². The number of alkyl halides is 2. The third-order valence-electron chi connectivity index (χ3n) is 2.37. The van der Waals surface area contributed by atoms with Crippen molar-refractivity contribution in [3.8, 4) is 11.5 Å². The predicted octanol–water partition coefficient (Wildman–Crippen LogP) is 2.33. The van der Waals surface area contributed by atoms with Crippen LogP contribution in [0.2, 0.25) is 0 Å². The number of halogens is 2. The van der Waals surface area contributed by atoms with Crippen molar-refractivity contribution in [3.63, 3.8) is 0 Å². The van der Waals surface area contributed by atoms with E-state index in [0.717, 1.165) is 0 Å². The van der Waals surface area contributed by atoms with Crippen molar-refractivity contribution < 1.29 is 23.0 Å². The first-order valence-electron chi connectivity index (χ1n) is 6.09. The van der Waals surface area contributed by atoms with E-state index in [1.54, 1.807) is 0 Å². The summed E-state index contributed by atoms with van der Waals surface area (Å²) in [5, 5.41) is 5.61. The second-order valence-corrected chi connectivity index (χ2v) is 5.48. The minimum Gasteiger partial charge on any atom is -0.395 e. The summed E-state index contributed by atoms with van der Waals surface area (Å²) in [7, 11) is 0. The Bertz CT molecular complexity index is 527. The summed E-state index contributed by atoms with van der Waals surface area (Å²) in [4.78, 5) is 11.6. The van der Waals surface area contributed by atoms with Gasteiger partial charge in [0.25, 0.3) is 0 Å². The highest BCUT2D eigenvalue weighted by atomic mass is 19.3. The van der Waals surface area contributed by atoms with Gasteiger partial charge >= 0.3 is 6.29 Å². The van der Waals surface area contributed by atoms with Gasteiger partial charge in [-0.1, -0.05) is 0 Å². The molecule has 1 aliphatic rings. The third kappa shape index (κ3) is 3.72. The Labute approximate surface area is 115 Å². The fourth-order valence-electron chi connectivity index (χ4n) is 1.70. The molecule has 20 heavy (non-hydrogen) atoms. The molecule has 7 heteroatoms. The lowest BCUT2D eigenvalue weighted by molar-refractivity contribution is -0.286. The Balaban J connectivity index is 1.94. The largest absolute Gasteiger partial charge is 0.586 e. The van der Waals surface area contributed by atoms with Crippen LogP contribution in [0.15, 0.2) is 18.2 Å². The van der Waals surface area contributed by atoms with Crippen LogP contribution < -0.4 is 20.1 Å². The van der Waals surface area contributed by atoms with E-state index in [1.807, 2.05) is 20.8 Å². The SMILES string of the molecule is CC(C)(C)NC(=O)CNc1ccc2c(c1)OC(F)(F)O2. The smallest absolute Gasteiger partial charge is 0.395 e. The quantitative estimate of drug-likeness (QED) is 0.895. The van der Waals surface area contributed by atoms with Crippen molar-refractivity contribution in [2.75, 3.05) is 11.9 Å². The number of hydrogen-bond donors (Lipinski definition) is 2. The normalized spacial score (nSPS) is 15.8. The monoisotopic (exact) mass is 286 g/mol. The zero-order chi connectivity index (χ0) is 15.0. The Hall–Kier alpha value is -2.05. The molecule has 0 bridgehead atoms. The first-order valence-corrected chi connectivity index (χ1v) is 6.09. The molecule has 2 rings (SSSR count). The van der Waals surface area contributed by atoms with Crippen LogP contribution in [0.25, 0.3) is 0 Å². The number of hydrogen-bond acceptors (Lipinski definition) is 4. The summed E-state index contributed by atoms with van der Waals surface area (Å²) in [5.41, 5.74) is 0.171. The molecule has 1 amide bonds. The lowest BCUT2D eigenvalue weighted by Gasteiger charge is -2.20. The molecule has 0 saturated heterocycles. The highest BCUT2D eigenvalue weighted by Gasteiger charge is 2.43. The zero-order valence-electron chi connectivity index (χ0n) is 11.4. The van der Waals surface area contributed by atoms with Gasteiger partial charge in [0.15, 0.2) is 11.5 Å². The van der Waals surface area contributed by atoms with Crippen LogP contribution in [0.3, 0.4) is 0 Å². The van der Waals surface area contributed by atoms with Crippen molar-refractivity contribution in [2.45, 2.75) is 32.6 Å². The molecule has 1 aliphatic heterocycles. The molecule has 0 aliphatic carbocycles. The van der Waals surface area contributed by atoms with Gasteiger partial charge in [0.2, 0.25) is 5.91 Å². The molecule has 0 unspecified atom stereocenters. The van der Waals surface area contributed by atoms with Crippen molar-refractivity contribution in [1.29, 1.82) is 0 Å². The second-order valence-electron chi connectivity index (χ2n) is 5.48. The number of carbonyl (C=O) groups excluding carboxylic acids is 1. The summed E-state index contributed by atoms with van der Waals surface area (Å²) in [6.45, 7) is 5.64. The summed E-state index contributed by atoms with van der Waals surface area (Å²) in [5.74, 6) is -0.281. The average molecular weight is 286 g/mol. The summed E-state index contributed by atoms with van der Waals surface area (Å²) < 4.78 is 34.3. The van der Waals surface area contributed by atoms with Crippen molar-refractivity contribution in [1.82, 2.24) is 5.32 Å². The van der Waals surface area contributed by atoms with Gasteiger partial charge < -0.3 is 20.1 Å². The van der Waals surface area contributed by atoms with Crippen LogP contribution in [-0.2, 0) is 4.79 Å². The minimum atomic E-state index is -3.63. The van der Waals surface area contributed by atoms with Gasteiger partial charge in [0, 0.05) is 17.3 Å². The molecule has 5 nitrogen and oxygen atoms in total. The van der Waals surface area contributed by atoms with Crippen LogP contribution in [0.5, 0.6) is 11.5 Å². The van der Waals surface area contributed by atoms with E-state index in [9.17, 15) is 13.6 Å². The Morgan fingerprint density at radius 3 is 2.55 bits per heavy atom. The van der Waals surface area contributed by atoms with Crippen molar-refractivity contribution >= 4 is 11.6 Å². The Kier molecular flexibility index (Phi) is 3.45. The second kappa shape index (κ2) is 4.81. The van der Waals surface area contributed by atoms with E-state index in [2.05, 4.69) is 20.1 Å². The maximum absolute atomic E-state index is 12.8. The molecule has 0 atom stereocenters. The molecule has 0 spiro atoms. The first-order chi connectivity index (χ1) is 9.15. The number of amides is 1. The van der Waals surface area contributed by atoms with Crippen LogP contribution >= 0.6 is 0 Å². The van der Waals surface area contributed by atoms with Crippen molar-refractivity contribution in [3.05, 3.63) is 18.2 Å². The maximum Gasteiger partial charge on any atom is 0.586 e. The van der Waals surface area contributed by atoms with E-state index >= 15 is 0 Å². The molecule has 0 aromatic heterocycles. The molecule has 0 fully saturated rings. The van der Waals surface area contributed by atoms with E-state index in [-0.39, 0.29) is 29.5 Å². The third-order valence-corrected chi connectivity index (χ3v) is 2.37. The average Bonchev–Trinajstić information content (AvgIpc) is 2.57. The Morgan fingerprint density at radius 2 is 1.90 bits per heavy atom. The topological polar surface area (TPSA) is 59.6 Å². The number of carbonyl (C=O) groups is 1. The lowest BCUT2D eigenvalue weighted by atomic mass is 10.1. The standard InChI is InChI=1S/C13H16F2N2O3/c1-12(2,3)17-11(18)7-16-8-4-5-9-10(6-8)20-13(14,15)19-9/h4-6,16H,7H2,1-3H3,(H,17,18). The van der Waals surface area contributed by atoms with Crippen LogP contribution in [0.4, 0.5) is 14.5 Å². The van der Waals surface area contributed by atoms with Crippen molar-refractivity contribution in [2.24, 2.45) is 0 Å². The van der Waals surface area contributed by atoms with Gasteiger partial charge in [0.05, 0.1) is 6.54 Å². The molecule has 1 heterocycles. The number of benzene rings is 1. The van der Waals surface area contributed by atoms with Gasteiger partial charge in [-0.15, -0.1) is 8.78 Å². The fraction of sp³-hybridized carbons (Fsp3) is 0.462. The molecule has 0 radical (unpaired) electrons. The van der Waals surface area contributed by atoms with Gasteiger partial charge in [-0.2, -0.15) is 0 Å². The molecule has 2 N–H and O–H groups in total. The van der Waals surface area contributed by atoms with E-state index in [4.69, 9.17) is 0 Å². The zero-order valence-corrected chi connectivity index (χ0v) is 11.4. The molecular formula is C13H16F2N2O3. The highest BCUT2D eigenvalue weighted by molar-refractivity contribution is 5.81. The van der Waals surface area contributed by atoms with E-state index in [1.165, 1.54) is 18.2 Å². The number of rotatable bonds is 3. The molecule has 1 aromatic rings. The first kappa shape index (κ1) is 14.4. The summed E-state index contributed by atoms with van der Waals surface area (Å²) in [6, 6.07) is 4.26. The minimum absolute atomic E-state index is 0.0281. The van der Waals surface area contributed by atoms with E-state index < -0.39 is 6.29 Å². The van der Waals surface area contributed by atoms with E-state index in [0.29, 0.717) is 5.69 Å². The van der Waals surface area contributed by atoms with Gasteiger partial charge in [-0.25, -0.2) is 0 Å². The Morgan fingerprint density at radius 1 is 1.25 bits per heavy atom. The number of fused-ring (bicyclic) bond motifs is 1. The molecule has 1 aromatic carbocycles. The highest BCUT2D eigenvalue weighted by Crippen LogP contribution is 2.42. The van der Waals surface area contributed by atoms with Gasteiger partial charge in [-0.3, -0.25) is 4.79 Å². The summed E-state index contributed by atoms with van der Waals surface area (Å²) in [6.07, 6.45) is -3.63. The van der Waals surface area contributed by atoms with Crippen LogP contribution in [-0.4, -0.2) is 24.3 Å². The molecule has 0 saturated carbocycles. The van der Waals surface area contributed by atoms with Gasteiger partial charge in [0.1, 0.15) is 0 Å². The summed E-state index contributed by atoms with van der Waals surface area (Å²) >= 11 is 0. The lowest BCUT2D eigenvalue weighted by Crippen LogP contribution is -2.43. The molecule has 110 valence electrons. The maximum atomic E-state index is 12.8. The van der Waals surface area contributed by atoms with Crippen LogP contribution in [0.1, 0.15) is 20.8 Å². The van der Waals surface area contributed by atoms with Crippen LogP contribution in [0, 0.1) is 0 Å².